The molecule has 1 aromatic heterocycles. The third-order valence-electron chi connectivity index (χ3n) is 1.25. The van der Waals surface area contributed by atoms with Crippen LogP contribution in [-0.4, -0.2) is 16.4 Å². The number of aromatic nitrogens is 2. The number of fused-ring (bicyclic) bond motifs is 1. The largest absolute Gasteiger partial charge is 0.478 e. The summed E-state index contributed by atoms with van der Waals surface area (Å²) in [5.41, 5.74) is 0.935. The molecule has 50 valence electrons. The first-order valence-corrected chi connectivity index (χ1v) is 2.90. The molecule has 1 aliphatic rings. The molecule has 4 nitrogen and oxygen atoms in total. The highest BCUT2D eigenvalue weighted by molar-refractivity contribution is 5.57. The molecule has 0 saturated carbocycles. The molecule has 0 bridgehead atoms. The molecule has 0 radical (unpaired) electrons. The second kappa shape index (κ2) is 2.06. The first-order chi connectivity index (χ1) is 4.97. The summed E-state index contributed by atoms with van der Waals surface area (Å²) in [4.78, 5) is 11.7. The van der Waals surface area contributed by atoms with E-state index in [0.29, 0.717) is 12.4 Å². The van der Waals surface area contributed by atoms with Gasteiger partial charge in [-0.25, -0.2) is 15.0 Å². The molecule has 0 aromatic carbocycles. The molecular weight excluding hydrogens is 130 g/mol. The summed E-state index contributed by atoms with van der Waals surface area (Å²) >= 11 is 0. The molecule has 0 fully saturated rings. The predicted octanol–water partition coefficient (Wildman–Crippen LogP) is 0.667. The van der Waals surface area contributed by atoms with Crippen molar-refractivity contribution in [1.29, 1.82) is 0 Å². The maximum Gasteiger partial charge on any atom is 0.176 e. The second-order valence-corrected chi connectivity index (χ2v) is 1.92. The Kier molecular flexibility index (Phi) is 1.10. The summed E-state index contributed by atoms with van der Waals surface area (Å²) < 4.78 is 4.92. The van der Waals surface area contributed by atoms with E-state index < -0.39 is 0 Å². The monoisotopic (exact) mass is 135 g/mol. The van der Waals surface area contributed by atoms with Crippen LogP contribution >= 0.6 is 0 Å². The zero-order valence-corrected chi connectivity index (χ0v) is 5.19. The lowest BCUT2D eigenvalue weighted by Gasteiger charge is -2.06. The fraction of sp³-hybridized carbons (Fsp3) is 0.167. The average Bonchev–Trinajstić information content (AvgIpc) is 2.05. The summed E-state index contributed by atoms with van der Waals surface area (Å²) in [7, 11) is 0. The first kappa shape index (κ1) is 5.34. The lowest BCUT2D eigenvalue weighted by atomic mass is 10.3. The van der Waals surface area contributed by atoms with Crippen molar-refractivity contribution in [2.24, 2.45) is 4.99 Å². The summed E-state index contributed by atoms with van der Waals surface area (Å²) in [6, 6.07) is 0. The van der Waals surface area contributed by atoms with Gasteiger partial charge in [-0.05, 0) is 0 Å². The van der Waals surface area contributed by atoms with Gasteiger partial charge in [0, 0.05) is 6.20 Å². The van der Waals surface area contributed by atoms with Gasteiger partial charge in [-0.2, -0.15) is 0 Å². The molecule has 0 amide bonds. The summed E-state index contributed by atoms with van der Waals surface area (Å²) in [6.45, 7) is 0.527. The van der Waals surface area contributed by atoms with Crippen molar-refractivity contribution >= 4 is 12.2 Å². The summed E-state index contributed by atoms with van der Waals surface area (Å²) in [5.74, 6) is 0.709. The highest BCUT2D eigenvalue weighted by Gasteiger charge is 2.05. The standard InChI is InChI=1S/C6H5N3O/c1-5-2-10-4-9-6(5)8-3-7-1/h1,3-4H,2H2. The SMILES string of the molecule is C1=Nc2ncncc2CO1. The Morgan fingerprint density at radius 1 is 1.50 bits per heavy atom. The van der Waals surface area contributed by atoms with E-state index in [-0.39, 0.29) is 0 Å². The quantitative estimate of drug-likeness (QED) is 0.525. The third-order valence-corrected chi connectivity index (χ3v) is 1.25. The number of ether oxygens (including phenoxy) is 1. The van der Waals surface area contributed by atoms with E-state index in [1.54, 1.807) is 6.20 Å². The molecule has 10 heavy (non-hydrogen) atoms. The Labute approximate surface area is 57.6 Å². The molecule has 0 aliphatic carbocycles. The van der Waals surface area contributed by atoms with E-state index in [4.69, 9.17) is 4.74 Å². The van der Waals surface area contributed by atoms with Crippen LogP contribution in [0.5, 0.6) is 0 Å². The number of hydrogen-bond donors (Lipinski definition) is 0. The van der Waals surface area contributed by atoms with Crippen molar-refractivity contribution in [3.8, 4) is 0 Å². The predicted molar refractivity (Wildman–Crippen MR) is 35.0 cm³/mol. The zero-order valence-electron chi connectivity index (χ0n) is 5.19. The highest BCUT2D eigenvalue weighted by Crippen LogP contribution is 2.16. The smallest absolute Gasteiger partial charge is 0.176 e. The molecule has 0 N–H and O–H groups in total. The fourth-order valence-electron chi connectivity index (χ4n) is 0.784. The Balaban J connectivity index is 2.54. The Hall–Kier alpha value is -1.45. The van der Waals surface area contributed by atoms with Crippen LogP contribution in [0.2, 0.25) is 0 Å². The minimum atomic E-state index is 0.527. The van der Waals surface area contributed by atoms with Crippen LogP contribution in [0, 0.1) is 0 Å². The molecule has 2 rings (SSSR count). The highest BCUT2D eigenvalue weighted by atomic mass is 16.5. The van der Waals surface area contributed by atoms with Gasteiger partial charge in [0.2, 0.25) is 0 Å². The van der Waals surface area contributed by atoms with Crippen LogP contribution < -0.4 is 0 Å². The number of hydrogen-bond acceptors (Lipinski definition) is 4. The van der Waals surface area contributed by atoms with Crippen LogP contribution in [0.3, 0.4) is 0 Å². The van der Waals surface area contributed by atoms with Gasteiger partial charge in [0.1, 0.15) is 12.9 Å². The van der Waals surface area contributed by atoms with E-state index in [9.17, 15) is 0 Å². The number of rotatable bonds is 0. The maximum atomic E-state index is 4.92. The lowest BCUT2D eigenvalue weighted by molar-refractivity contribution is 0.301. The molecule has 0 atom stereocenters. The van der Waals surface area contributed by atoms with Gasteiger partial charge in [0.05, 0.1) is 5.56 Å². The summed E-state index contributed by atoms with van der Waals surface area (Å²) in [5, 5.41) is 0. The van der Waals surface area contributed by atoms with Gasteiger partial charge < -0.3 is 4.74 Å². The lowest BCUT2D eigenvalue weighted by Crippen LogP contribution is -1.98. The second-order valence-electron chi connectivity index (χ2n) is 1.92. The molecule has 2 heterocycles. The topological polar surface area (TPSA) is 47.4 Å². The van der Waals surface area contributed by atoms with Gasteiger partial charge in [-0.1, -0.05) is 0 Å². The van der Waals surface area contributed by atoms with Gasteiger partial charge >= 0.3 is 0 Å². The van der Waals surface area contributed by atoms with Gasteiger partial charge in [-0.15, -0.1) is 0 Å². The van der Waals surface area contributed by atoms with E-state index in [1.807, 2.05) is 0 Å². The molecular formula is C6H5N3O. The fourth-order valence-corrected chi connectivity index (χ4v) is 0.784. The Bertz CT molecular complexity index is 271. The molecule has 4 heteroatoms. The first-order valence-electron chi connectivity index (χ1n) is 2.90. The van der Waals surface area contributed by atoms with Crippen LogP contribution in [0.15, 0.2) is 17.5 Å². The molecule has 0 spiro atoms. The van der Waals surface area contributed by atoms with Gasteiger partial charge in [0.25, 0.3) is 0 Å². The third kappa shape index (κ3) is 0.737. The van der Waals surface area contributed by atoms with Crippen molar-refractivity contribution in [2.75, 3.05) is 0 Å². The number of nitrogens with zero attached hydrogens (tertiary/aromatic N) is 3. The molecule has 1 aromatic rings. The van der Waals surface area contributed by atoms with E-state index in [0.717, 1.165) is 5.56 Å². The van der Waals surface area contributed by atoms with E-state index in [1.165, 1.54) is 12.7 Å². The molecule has 1 aliphatic heterocycles. The van der Waals surface area contributed by atoms with Gasteiger partial charge in [-0.3, -0.25) is 0 Å². The van der Waals surface area contributed by atoms with Crippen molar-refractivity contribution < 1.29 is 4.74 Å². The van der Waals surface area contributed by atoms with Crippen LogP contribution in [-0.2, 0) is 11.3 Å². The van der Waals surface area contributed by atoms with Crippen LogP contribution in [0.4, 0.5) is 5.82 Å². The van der Waals surface area contributed by atoms with Crippen molar-refractivity contribution in [3.63, 3.8) is 0 Å². The zero-order chi connectivity index (χ0) is 6.81. The Morgan fingerprint density at radius 2 is 2.50 bits per heavy atom. The maximum absolute atomic E-state index is 4.92. The van der Waals surface area contributed by atoms with Crippen molar-refractivity contribution in [3.05, 3.63) is 18.1 Å². The van der Waals surface area contributed by atoms with Crippen molar-refractivity contribution in [2.45, 2.75) is 6.61 Å². The van der Waals surface area contributed by atoms with E-state index >= 15 is 0 Å². The minimum absolute atomic E-state index is 0.527. The normalized spacial score (nSPS) is 14.0. The molecule has 0 saturated heterocycles. The van der Waals surface area contributed by atoms with Crippen molar-refractivity contribution in [1.82, 2.24) is 9.97 Å². The summed E-state index contributed by atoms with van der Waals surface area (Å²) in [6.07, 6.45) is 4.58. The number of aliphatic imine (C=N–C) groups is 1. The van der Waals surface area contributed by atoms with Gasteiger partial charge in [0.15, 0.2) is 12.2 Å². The molecule has 0 unspecified atom stereocenters. The van der Waals surface area contributed by atoms with Crippen LogP contribution in [0.25, 0.3) is 0 Å². The minimum Gasteiger partial charge on any atom is -0.478 e. The van der Waals surface area contributed by atoms with Crippen LogP contribution in [0.1, 0.15) is 5.56 Å². The average molecular weight is 135 g/mol. The Morgan fingerprint density at radius 3 is 3.40 bits per heavy atom. The van der Waals surface area contributed by atoms with E-state index in [2.05, 4.69) is 15.0 Å².